The fraction of sp³-hybridized carbons (Fsp3) is 0.286. The molecular weight excluding hydrogens is 413 g/mol. The van der Waals surface area contributed by atoms with Crippen LogP contribution in [0.25, 0.3) is 0 Å². The molecule has 1 aliphatic rings. The van der Waals surface area contributed by atoms with Gasteiger partial charge in [-0.2, -0.15) is 0 Å². The van der Waals surface area contributed by atoms with Gasteiger partial charge in [-0.05, 0) is 36.6 Å². The topological polar surface area (TPSA) is 78.5 Å². The number of carbonyl (C=O) groups is 3. The molecule has 2 aromatic carbocycles. The maximum absolute atomic E-state index is 12.7. The first kappa shape index (κ1) is 21.1. The number of amides is 4. The second kappa shape index (κ2) is 9.29. The predicted molar refractivity (Wildman–Crippen MR) is 112 cm³/mol. The molecule has 1 heterocycles. The molecule has 0 spiro atoms. The van der Waals surface area contributed by atoms with Crippen LogP contribution in [-0.2, 0) is 16.1 Å². The number of urea groups is 1. The van der Waals surface area contributed by atoms with E-state index < -0.39 is 12.1 Å². The number of nitrogens with zero attached hydrogens (tertiary/aromatic N) is 1. The Hall–Kier alpha value is -2.57. The molecule has 6 nitrogen and oxygen atoms in total. The maximum atomic E-state index is 12.7. The Kier molecular flexibility index (Phi) is 6.77. The summed E-state index contributed by atoms with van der Waals surface area (Å²) in [5, 5.41) is 6.43. The van der Waals surface area contributed by atoms with Crippen molar-refractivity contribution in [2.45, 2.75) is 38.4 Å². The number of hydrogen-bond donors (Lipinski definition) is 2. The highest BCUT2D eigenvalue weighted by molar-refractivity contribution is 6.35. The van der Waals surface area contributed by atoms with Crippen LogP contribution in [-0.4, -0.2) is 28.8 Å². The Balaban J connectivity index is 1.52. The van der Waals surface area contributed by atoms with E-state index in [1.54, 1.807) is 25.1 Å². The van der Waals surface area contributed by atoms with Crippen molar-refractivity contribution in [2.75, 3.05) is 0 Å². The number of benzene rings is 2. The Labute approximate surface area is 179 Å². The number of nitrogens with one attached hydrogen (secondary N) is 2. The van der Waals surface area contributed by atoms with Gasteiger partial charge in [-0.3, -0.25) is 14.5 Å². The van der Waals surface area contributed by atoms with Crippen molar-refractivity contribution in [1.29, 1.82) is 0 Å². The van der Waals surface area contributed by atoms with Gasteiger partial charge in [-0.1, -0.05) is 59.6 Å². The zero-order valence-corrected chi connectivity index (χ0v) is 17.3. The van der Waals surface area contributed by atoms with Crippen LogP contribution in [0.4, 0.5) is 4.79 Å². The smallest absolute Gasteiger partial charge is 0.325 e. The van der Waals surface area contributed by atoms with E-state index in [0.717, 1.165) is 11.1 Å². The molecule has 2 N–H and O–H groups in total. The van der Waals surface area contributed by atoms with E-state index in [0.29, 0.717) is 10.0 Å². The zero-order valence-electron chi connectivity index (χ0n) is 15.8. The van der Waals surface area contributed by atoms with Gasteiger partial charge in [-0.25, -0.2) is 4.79 Å². The molecule has 2 aromatic rings. The molecule has 1 saturated heterocycles. The maximum Gasteiger partial charge on any atom is 0.325 e. The van der Waals surface area contributed by atoms with Gasteiger partial charge in [0.2, 0.25) is 5.91 Å². The summed E-state index contributed by atoms with van der Waals surface area (Å²) in [6, 6.07) is 12.9. The first-order valence-electron chi connectivity index (χ1n) is 9.26. The standard InChI is InChI=1S/C21H21Cl2N3O3/c1-13(14-5-3-2-4-6-14)26-20(28)18(25-21(26)29)9-10-19(27)24-12-15-7-8-16(22)11-17(15)23/h2-8,11,13,18H,9-10,12H2,1H3,(H,24,27)(H,25,29)/t13-,18+/m1/s1. The van der Waals surface area contributed by atoms with Crippen molar-refractivity contribution in [3.63, 3.8) is 0 Å². The molecule has 1 fully saturated rings. The van der Waals surface area contributed by atoms with Gasteiger partial charge in [-0.15, -0.1) is 0 Å². The SMILES string of the molecule is C[C@H](c1ccccc1)N1C(=O)N[C@@H](CCC(=O)NCc2ccc(Cl)cc2Cl)C1=O. The van der Waals surface area contributed by atoms with E-state index in [4.69, 9.17) is 23.2 Å². The molecule has 0 aromatic heterocycles. The van der Waals surface area contributed by atoms with Crippen molar-refractivity contribution in [1.82, 2.24) is 15.5 Å². The van der Waals surface area contributed by atoms with Crippen LogP contribution in [0.3, 0.4) is 0 Å². The molecular formula is C21H21Cl2N3O3. The number of hydrogen-bond acceptors (Lipinski definition) is 3. The Morgan fingerprint density at radius 3 is 2.59 bits per heavy atom. The Bertz CT molecular complexity index is 921. The minimum atomic E-state index is -0.710. The molecule has 0 aliphatic carbocycles. The molecule has 2 atom stereocenters. The second-order valence-electron chi connectivity index (χ2n) is 6.85. The third-order valence-electron chi connectivity index (χ3n) is 4.87. The summed E-state index contributed by atoms with van der Waals surface area (Å²) in [6.45, 7) is 2.06. The molecule has 0 saturated carbocycles. The molecule has 8 heteroatoms. The molecule has 152 valence electrons. The minimum Gasteiger partial charge on any atom is -0.352 e. The minimum absolute atomic E-state index is 0.107. The van der Waals surface area contributed by atoms with Gasteiger partial charge < -0.3 is 10.6 Å². The monoisotopic (exact) mass is 433 g/mol. The summed E-state index contributed by atoms with van der Waals surface area (Å²) in [6.07, 6.45) is 0.332. The quantitative estimate of drug-likeness (QED) is 0.645. The lowest BCUT2D eigenvalue weighted by Crippen LogP contribution is -2.34. The van der Waals surface area contributed by atoms with Gasteiger partial charge >= 0.3 is 6.03 Å². The second-order valence-corrected chi connectivity index (χ2v) is 7.69. The first-order valence-corrected chi connectivity index (χ1v) is 10.0. The van der Waals surface area contributed by atoms with E-state index in [1.807, 2.05) is 30.3 Å². The molecule has 0 unspecified atom stereocenters. The average Bonchev–Trinajstić information content (AvgIpc) is 2.99. The molecule has 4 amide bonds. The van der Waals surface area contributed by atoms with Crippen LogP contribution >= 0.6 is 23.2 Å². The summed E-state index contributed by atoms with van der Waals surface area (Å²) in [7, 11) is 0. The molecule has 1 aliphatic heterocycles. The van der Waals surface area contributed by atoms with Crippen LogP contribution in [0.2, 0.25) is 10.0 Å². The van der Waals surface area contributed by atoms with Crippen LogP contribution < -0.4 is 10.6 Å². The van der Waals surface area contributed by atoms with Crippen LogP contribution in [0.15, 0.2) is 48.5 Å². The summed E-state index contributed by atoms with van der Waals surface area (Å²) in [4.78, 5) is 38.4. The van der Waals surface area contributed by atoms with Crippen LogP contribution in [0.1, 0.15) is 36.9 Å². The van der Waals surface area contributed by atoms with Crippen molar-refractivity contribution in [2.24, 2.45) is 0 Å². The lowest BCUT2D eigenvalue weighted by molar-refractivity contribution is -0.129. The van der Waals surface area contributed by atoms with E-state index in [-0.39, 0.29) is 37.2 Å². The van der Waals surface area contributed by atoms with Gasteiger partial charge in [0, 0.05) is 23.0 Å². The van der Waals surface area contributed by atoms with E-state index in [1.165, 1.54) is 4.90 Å². The Morgan fingerprint density at radius 1 is 1.17 bits per heavy atom. The average molecular weight is 434 g/mol. The lowest BCUT2D eigenvalue weighted by Gasteiger charge is -2.21. The van der Waals surface area contributed by atoms with Crippen LogP contribution in [0.5, 0.6) is 0 Å². The fourth-order valence-corrected chi connectivity index (χ4v) is 3.69. The largest absolute Gasteiger partial charge is 0.352 e. The number of halogens is 2. The highest BCUT2D eigenvalue weighted by atomic mass is 35.5. The van der Waals surface area contributed by atoms with Gasteiger partial charge in [0.25, 0.3) is 5.91 Å². The first-order chi connectivity index (χ1) is 13.9. The molecule has 0 bridgehead atoms. The normalized spacial score (nSPS) is 17.2. The summed E-state index contributed by atoms with van der Waals surface area (Å²) in [5.41, 5.74) is 1.62. The van der Waals surface area contributed by atoms with Crippen molar-refractivity contribution < 1.29 is 14.4 Å². The number of rotatable bonds is 7. The molecule has 3 rings (SSSR count). The summed E-state index contributed by atoms with van der Waals surface area (Å²) < 4.78 is 0. The summed E-state index contributed by atoms with van der Waals surface area (Å²) in [5.74, 6) is -0.549. The third kappa shape index (κ3) is 5.08. The van der Waals surface area contributed by atoms with Gasteiger partial charge in [0.1, 0.15) is 6.04 Å². The van der Waals surface area contributed by atoms with Gasteiger partial charge in [0.15, 0.2) is 0 Å². The fourth-order valence-electron chi connectivity index (χ4n) is 3.21. The van der Waals surface area contributed by atoms with Crippen LogP contribution in [0, 0.1) is 0 Å². The molecule has 0 radical (unpaired) electrons. The number of carbonyl (C=O) groups excluding carboxylic acids is 3. The van der Waals surface area contributed by atoms with E-state index >= 15 is 0 Å². The molecule has 29 heavy (non-hydrogen) atoms. The third-order valence-corrected chi connectivity index (χ3v) is 5.46. The van der Waals surface area contributed by atoms with E-state index in [9.17, 15) is 14.4 Å². The van der Waals surface area contributed by atoms with Crippen molar-refractivity contribution >= 4 is 41.0 Å². The van der Waals surface area contributed by atoms with Crippen molar-refractivity contribution in [3.8, 4) is 0 Å². The Morgan fingerprint density at radius 2 is 1.90 bits per heavy atom. The van der Waals surface area contributed by atoms with Gasteiger partial charge in [0.05, 0.1) is 6.04 Å². The lowest BCUT2D eigenvalue weighted by atomic mass is 10.1. The van der Waals surface area contributed by atoms with E-state index in [2.05, 4.69) is 10.6 Å². The predicted octanol–water partition coefficient (Wildman–Crippen LogP) is 4.07. The zero-order chi connectivity index (χ0) is 21.0. The summed E-state index contributed by atoms with van der Waals surface area (Å²) >= 11 is 12.0. The highest BCUT2D eigenvalue weighted by Gasteiger charge is 2.40. The highest BCUT2D eigenvalue weighted by Crippen LogP contribution is 2.25. The van der Waals surface area contributed by atoms with Crippen molar-refractivity contribution in [3.05, 3.63) is 69.7 Å². The number of imide groups is 1.